The van der Waals surface area contributed by atoms with Crippen LogP contribution in [0.1, 0.15) is 12.5 Å². The first-order chi connectivity index (χ1) is 8.40. The highest BCUT2D eigenvalue weighted by atomic mass is 35.5. The summed E-state index contributed by atoms with van der Waals surface area (Å²) in [4.78, 5) is 20.5. The van der Waals surface area contributed by atoms with Crippen molar-refractivity contribution in [2.75, 3.05) is 6.54 Å². The summed E-state index contributed by atoms with van der Waals surface area (Å²) in [6, 6.07) is 4.47. The minimum atomic E-state index is -0.941. The molecule has 1 unspecified atom stereocenters. The molecule has 1 aromatic rings. The molecule has 1 atom stereocenters. The zero-order chi connectivity index (χ0) is 13.7. The van der Waals surface area contributed by atoms with Gasteiger partial charge < -0.3 is 10.4 Å². The molecule has 0 radical (unpaired) electrons. The molecule has 0 aromatic heterocycles. The summed E-state index contributed by atoms with van der Waals surface area (Å²) in [5.74, 6) is -0.941. The molecule has 0 aliphatic rings. The second-order valence-electron chi connectivity index (χ2n) is 3.92. The Morgan fingerprint density at radius 2 is 2.28 bits per heavy atom. The predicted molar refractivity (Wildman–Crippen MR) is 66.9 cm³/mol. The lowest BCUT2D eigenvalue weighted by Crippen LogP contribution is -2.32. The molecule has 18 heavy (non-hydrogen) atoms. The topological polar surface area (TPSA) is 92.5 Å². The van der Waals surface area contributed by atoms with Gasteiger partial charge in [-0.05, 0) is 25.0 Å². The smallest absolute Gasteiger partial charge is 0.317 e. The highest BCUT2D eigenvalue weighted by molar-refractivity contribution is 6.32. The Balaban J connectivity index is 2.70. The Hall–Kier alpha value is -1.66. The van der Waals surface area contributed by atoms with Gasteiger partial charge in [0.05, 0.1) is 11.5 Å². The van der Waals surface area contributed by atoms with Crippen molar-refractivity contribution < 1.29 is 14.8 Å². The van der Waals surface area contributed by atoms with Gasteiger partial charge in [-0.25, -0.2) is 0 Å². The number of benzene rings is 1. The van der Waals surface area contributed by atoms with Gasteiger partial charge in [-0.1, -0.05) is 17.7 Å². The van der Waals surface area contributed by atoms with Crippen LogP contribution in [0.25, 0.3) is 0 Å². The molecule has 0 bridgehead atoms. The van der Waals surface area contributed by atoms with Crippen LogP contribution in [0.5, 0.6) is 0 Å². The maximum absolute atomic E-state index is 10.7. The fourth-order valence-corrected chi connectivity index (χ4v) is 1.70. The van der Waals surface area contributed by atoms with E-state index in [-0.39, 0.29) is 23.3 Å². The summed E-state index contributed by atoms with van der Waals surface area (Å²) in [6.45, 7) is 1.67. The number of nitrogens with zero attached hydrogens (tertiary/aromatic N) is 1. The third-order valence-corrected chi connectivity index (χ3v) is 2.67. The third kappa shape index (κ3) is 4.31. The van der Waals surface area contributed by atoms with E-state index in [0.717, 1.165) is 5.56 Å². The lowest BCUT2D eigenvalue weighted by Gasteiger charge is -2.12. The number of nitrogens with one attached hydrogen (secondary N) is 1. The van der Waals surface area contributed by atoms with Gasteiger partial charge in [0.25, 0.3) is 5.69 Å². The van der Waals surface area contributed by atoms with Crippen molar-refractivity contribution in [2.24, 2.45) is 0 Å². The lowest BCUT2D eigenvalue weighted by atomic mass is 10.1. The standard InChI is InChI=1S/C11H13ClN2O4/c1-7(13-6-11(15)16)4-8-2-3-9(12)10(5-8)14(17)18/h2-3,5,7,13H,4,6H2,1H3,(H,15,16). The summed E-state index contributed by atoms with van der Waals surface area (Å²) in [6.07, 6.45) is 0.491. The zero-order valence-corrected chi connectivity index (χ0v) is 10.5. The Morgan fingerprint density at radius 1 is 1.61 bits per heavy atom. The molecule has 7 heteroatoms. The molecule has 0 saturated carbocycles. The van der Waals surface area contributed by atoms with Crippen LogP contribution in [0.3, 0.4) is 0 Å². The number of carbonyl (C=O) groups is 1. The molecule has 1 rings (SSSR count). The van der Waals surface area contributed by atoms with Crippen molar-refractivity contribution in [2.45, 2.75) is 19.4 Å². The summed E-state index contributed by atoms with van der Waals surface area (Å²) in [5.41, 5.74) is 0.594. The number of hydrogen-bond acceptors (Lipinski definition) is 4. The van der Waals surface area contributed by atoms with Gasteiger partial charge in [-0.3, -0.25) is 14.9 Å². The van der Waals surface area contributed by atoms with Crippen molar-refractivity contribution in [3.05, 3.63) is 38.9 Å². The number of nitro groups is 1. The fourth-order valence-electron chi connectivity index (χ4n) is 1.51. The molecule has 1 aromatic carbocycles. The van der Waals surface area contributed by atoms with Crippen LogP contribution in [-0.4, -0.2) is 28.6 Å². The van der Waals surface area contributed by atoms with Crippen molar-refractivity contribution in [3.8, 4) is 0 Å². The number of halogens is 1. The number of carboxylic acids is 1. The Morgan fingerprint density at radius 3 is 2.83 bits per heavy atom. The second kappa shape index (κ2) is 6.32. The zero-order valence-electron chi connectivity index (χ0n) is 9.72. The number of nitro benzene ring substituents is 1. The predicted octanol–water partition coefficient (Wildman–Crippen LogP) is 1.85. The van der Waals surface area contributed by atoms with E-state index in [1.54, 1.807) is 6.07 Å². The molecule has 0 heterocycles. The molecule has 6 nitrogen and oxygen atoms in total. The molecule has 0 amide bonds. The van der Waals surface area contributed by atoms with Crippen LogP contribution in [0.4, 0.5) is 5.69 Å². The van der Waals surface area contributed by atoms with Crippen molar-refractivity contribution >= 4 is 23.3 Å². The molecule has 0 fully saturated rings. The van der Waals surface area contributed by atoms with Crippen LogP contribution in [0.15, 0.2) is 18.2 Å². The maximum Gasteiger partial charge on any atom is 0.317 e. The molecular weight excluding hydrogens is 260 g/mol. The second-order valence-corrected chi connectivity index (χ2v) is 4.33. The fraction of sp³-hybridized carbons (Fsp3) is 0.364. The maximum atomic E-state index is 10.7. The average Bonchev–Trinajstić information content (AvgIpc) is 2.28. The van der Waals surface area contributed by atoms with E-state index in [9.17, 15) is 14.9 Å². The van der Waals surface area contributed by atoms with E-state index in [4.69, 9.17) is 16.7 Å². The highest BCUT2D eigenvalue weighted by Crippen LogP contribution is 2.25. The molecule has 98 valence electrons. The SMILES string of the molecule is CC(Cc1ccc(Cl)c([N+](=O)[O-])c1)NCC(=O)O. The van der Waals surface area contributed by atoms with E-state index in [0.29, 0.717) is 6.42 Å². The lowest BCUT2D eigenvalue weighted by molar-refractivity contribution is -0.384. The van der Waals surface area contributed by atoms with Crippen LogP contribution in [-0.2, 0) is 11.2 Å². The first-order valence-corrected chi connectivity index (χ1v) is 5.66. The Kier molecular flexibility index (Phi) is 5.06. The summed E-state index contributed by atoms with van der Waals surface area (Å²) >= 11 is 5.70. The normalized spacial score (nSPS) is 12.1. The Labute approximate surface area is 109 Å². The summed E-state index contributed by atoms with van der Waals surface area (Å²) < 4.78 is 0. The third-order valence-electron chi connectivity index (χ3n) is 2.35. The highest BCUT2D eigenvalue weighted by Gasteiger charge is 2.14. The Bertz CT molecular complexity index is 464. The van der Waals surface area contributed by atoms with Crippen LogP contribution < -0.4 is 5.32 Å². The van der Waals surface area contributed by atoms with Crippen molar-refractivity contribution in [1.82, 2.24) is 5.32 Å². The number of hydrogen-bond donors (Lipinski definition) is 2. The van der Waals surface area contributed by atoms with E-state index in [1.807, 2.05) is 6.92 Å². The first-order valence-electron chi connectivity index (χ1n) is 5.28. The number of rotatable bonds is 6. The van der Waals surface area contributed by atoms with Gasteiger partial charge in [0.15, 0.2) is 0 Å². The van der Waals surface area contributed by atoms with Gasteiger partial charge in [0.1, 0.15) is 5.02 Å². The molecule has 2 N–H and O–H groups in total. The van der Waals surface area contributed by atoms with Crippen molar-refractivity contribution in [1.29, 1.82) is 0 Å². The van der Waals surface area contributed by atoms with E-state index >= 15 is 0 Å². The van der Waals surface area contributed by atoms with E-state index in [1.165, 1.54) is 12.1 Å². The van der Waals surface area contributed by atoms with Crippen LogP contribution >= 0.6 is 11.6 Å². The summed E-state index contributed by atoms with van der Waals surface area (Å²) in [7, 11) is 0. The van der Waals surface area contributed by atoms with Crippen LogP contribution in [0.2, 0.25) is 5.02 Å². The molecule has 0 spiro atoms. The average molecular weight is 273 g/mol. The van der Waals surface area contributed by atoms with Gasteiger partial charge in [0, 0.05) is 12.1 Å². The molecule has 0 aliphatic carbocycles. The van der Waals surface area contributed by atoms with Crippen LogP contribution in [0, 0.1) is 10.1 Å². The largest absolute Gasteiger partial charge is 0.480 e. The number of carboxylic acid groups (broad SMARTS) is 1. The van der Waals surface area contributed by atoms with E-state index < -0.39 is 10.9 Å². The quantitative estimate of drug-likeness (QED) is 0.609. The molecular formula is C11H13ClN2O4. The van der Waals surface area contributed by atoms with Gasteiger partial charge >= 0.3 is 5.97 Å². The van der Waals surface area contributed by atoms with E-state index in [2.05, 4.69) is 5.32 Å². The van der Waals surface area contributed by atoms with Gasteiger partial charge in [-0.2, -0.15) is 0 Å². The molecule has 0 saturated heterocycles. The van der Waals surface area contributed by atoms with Gasteiger partial charge in [-0.15, -0.1) is 0 Å². The van der Waals surface area contributed by atoms with Crippen molar-refractivity contribution in [3.63, 3.8) is 0 Å². The van der Waals surface area contributed by atoms with Gasteiger partial charge in [0.2, 0.25) is 0 Å². The minimum absolute atomic E-state index is 0.0925. The number of aliphatic carboxylic acids is 1. The summed E-state index contributed by atoms with van der Waals surface area (Å²) in [5, 5.41) is 22.1. The molecule has 0 aliphatic heterocycles. The monoisotopic (exact) mass is 272 g/mol. The first kappa shape index (κ1) is 14.4. The minimum Gasteiger partial charge on any atom is -0.480 e.